The van der Waals surface area contributed by atoms with E-state index in [-0.39, 0.29) is 5.56 Å². The number of hydrogen-bond donors (Lipinski definition) is 2. The number of aromatic carboxylic acids is 1. The maximum absolute atomic E-state index is 10.9. The lowest BCUT2D eigenvalue weighted by molar-refractivity contribution is 0.0699. The van der Waals surface area contributed by atoms with Crippen molar-refractivity contribution >= 4 is 11.6 Å². The summed E-state index contributed by atoms with van der Waals surface area (Å²) >= 11 is 0. The van der Waals surface area contributed by atoms with E-state index in [1.54, 1.807) is 12.4 Å². The molecule has 0 aliphatic heterocycles. The van der Waals surface area contributed by atoms with Gasteiger partial charge < -0.3 is 10.4 Å². The number of nitrogens with one attached hydrogen (secondary N) is 1. The molecule has 2 aromatic heterocycles. The Morgan fingerprint density at radius 3 is 2.94 bits per heavy atom. The first-order valence-corrected chi connectivity index (χ1v) is 5.37. The second-order valence-corrected chi connectivity index (χ2v) is 4.13. The molecule has 2 N–H and O–H groups in total. The zero-order valence-corrected chi connectivity index (χ0v) is 9.71. The third-order valence-corrected chi connectivity index (χ3v) is 2.35. The maximum atomic E-state index is 10.9. The lowest BCUT2D eigenvalue weighted by Gasteiger charge is -2.07. The van der Waals surface area contributed by atoms with Gasteiger partial charge in [-0.3, -0.25) is 0 Å². The molecule has 2 aromatic rings. The number of carbonyl (C=O) groups is 1. The summed E-state index contributed by atoms with van der Waals surface area (Å²) in [5.41, 5.74) is 1.45. The molecule has 0 spiro atoms. The number of fused-ring (bicyclic) bond motifs is 1. The summed E-state index contributed by atoms with van der Waals surface area (Å²) in [5, 5.41) is 16.1. The van der Waals surface area contributed by atoms with Gasteiger partial charge in [0.15, 0.2) is 5.65 Å². The minimum Gasteiger partial charge on any atom is -0.477 e. The van der Waals surface area contributed by atoms with Gasteiger partial charge in [0.05, 0.1) is 6.20 Å². The number of nitrogens with zero attached hydrogens (tertiary/aromatic N) is 3. The molecule has 0 radical (unpaired) electrons. The van der Waals surface area contributed by atoms with Crippen LogP contribution in [-0.2, 0) is 6.54 Å². The molecule has 6 heteroatoms. The number of rotatable bonds is 4. The maximum Gasteiger partial charge on any atom is 0.341 e. The van der Waals surface area contributed by atoms with Crippen LogP contribution in [0, 0.1) is 0 Å². The highest BCUT2D eigenvalue weighted by molar-refractivity contribution is 5.93. The van der Waals surface area contributed by atoms with Crippen LogP contribution in [0.25, 0.3) is 5.65 Å². The van der Waals surface area contributed by atoms with Gasteiger partial charge >= 0.3 is 5.97 Å². The standard InChI is InChI=1S/C11H14N4O2/c1-7(2)12-3-8-4-13-10-9(11(16)17)5-14-15(10)6-8/h4-7,12H,3H2,1-2H3,(H,16,17). The van der Waals surface area contributed by atoms with Crippen LogP contribution in [-0.4, -0.2) is 31.7 Å². The predicted molar refractivity (Wildman–Crippen MR) is 61.9 cm³/mol. The molecule has 0 aliphatic rings. The summed E-state index contributed by atoms with van der Waals surface area (Å²) in [4.78, 5) is 15.0. The summed E-state index contributed by atoms with van der Waals surface area (Å²) in [7, 11) is 0. The molecule has 0 unspecified atom stereocenters. The van der Waals surface area contributed by atoms with E-state index < -0.39 is 5.97 Å². The third-order valence-electron chi connectivity index (χ3n) is 2.35. The molecule has 17 heavy (non-hydrogen) atoms. The largest absolute Gasteiger partial charge is 0.477 e. The molecule has 0 aliphatic carbocycles. The molecule has 2 heterocycles. The molecule has 0 saturated heterocycles. The van der Waals surface area contributed by atoms with E-state index in [4.69, 9.17) is 5.11 Å². The van der Waals surface area contributed by atoms with Crippen LogP contribution < -0.4 is 5.32 Å². The van der Waals surface area contributed by atoms with Crippen LogP contribution in [0.2, 0.25) is 0 Å². The Kier molecular flexibility index (Phi) is 3.06. The first-order valence-electron chi connectivity index (χ1n) is 5.37. The highest BCUT2D eigenvalue weighted by atomic mass is 16.4. The average molecular weight is 234 g/mol. The molecule has 0 bridgehead atoms. The highest BCUT2D eigenvalue weighted by Gasteiger charge is 2.12. The summed E-state index contributed by atoms with van der Waals surface area (Å²) in [6, 6.07) is 0.387. The van der Waals surface area contributed by atoms with Crippen LogP contribution in [0.3, 0.4) is 0 Å². The van der Waals surface area contributed by atoms with Gasteiger partial charge in [-0.05, 0) is 0 Å². The van der Waals surface area contributed by atoms with Crippen molar-refractivity contribution in [3.8, 4) is 0 Å². The molecule has 0 saturated carbocycles. The van der Waals surface area contributed by atoms with Crippen LogP contribution in [0.5, 0.6) is 0 Å². The van der Waals surface area contributed by atoms with E-state index in [2.05, 4.69) is 29.2 Å². The van der Waals surface area contributed by atoms with E-state index in [0.29, 0.717) is 18.2 Å². The van der Waals surface area contributed by atoms with Crippen molar-refractivity contribution in [2.75, 3.05) is 0 Å². The van der Waals surface area contributed by atoms with Crippen molar-refractivity contribution in [2.45, 2.75) is 26.4 Å². The zero-order chi connectivity index (χ0) is 12.4. The van der Waals surface area contributed by atoms with E-state index in [9.17, 15) is 4.79 Å². The number of hydrogen-bond acceptors (Lipinski definition) is 4. The van der Waals surface area contributed by atoms with Gasteiger partial charge in [0.1, 0.15) is 5.56 Å². The quantitative estimate of drug-likeness (QED) is 0.822. The van der Waals surface area contributed by atoms with Crippen LogP contribution in [0.15, 0.2) is 18.6 Å². The summed E-state index contributed by atoms with van der Waals surface area (Å²) in [6.07, 6.45) is 4.76. The van der Waals surface area contributed by atoms with Crippen molar-refractivity contribution in [3.05, 3.63) is 29.7 Å². The van der Waals surface area contributed by atoms with E-state index in [1.807, 2.05) is 0 Å². The van der Waals surface area contributed by atoms with E-state index >= 15 is 0 Å². The van der Waals surface area contributed by atoms with Gasteiger partial charge in [-0.1, -0.05) is 13.8 Å². The van der Waals surface area contributed by atoms with Crippen molar-refractivity contribution in [1.82, 2.24) is 19.9 Å². The van der Waals surface area contributed by atoms with Gasteiger partial charge in [-0.2, -0.15) is 5.10 Å². The fourth-order valence-corrected chi connectivity index (χ4v) is 1.48. The Bertz CT molecular complexity index is 547. The van der Waals surface area contributed by atoms with Crippen LogP contribution >= 0.6 is 0 Å². The third kappa shape index (κ3) is 2.42. The lowest BCUT2D eigenvalue weighted by atomic mass is 10.3. The molecule has 90 valence electrons. The minimum absolute atomic E-state index is 0.119. The van der Waals surface area contributed by atoms with Crippen LogP contribution in [0.4, 0.5) is 0 Å². The molecule has 0 fully saturated rings. The Morgan fingerprint density at radius 2 is 2.29 bits per heavy atom. The van der Waals surface area contributed by atoms with Crippen molar-refractivity contribution in [2.24, 2.45) is 0 Å². The zero-order valence-electron chi connectivity index (χ0n) is 9.71. The van der Waals surface area contributed by atoms with Crippen molar-refractivity contribution in [3.63, 3.8) is 0 Å². The summed E-state index contributed by atoms with van der Waals surface area (Å²) in [6.45, 7) is 4.80. The second kappa shape index (κ2) is 4.50. The molecule has 0 atom stereocenters. The smallest absolute Gasteiger partial charge is 0.341 e. The van der Waals surface area contributed by atoms with Gasteiger partial charge in [-0.25, -0.2) is 14.3 Å². The Morgan fingerprint density at radius 1 is 1.53 bits per heavy atom. The molecule has 0 amide bonds. The normalized spacial score (nSPS) is 11.2. The first-order chi connectivity index (χ1) is 8.08. The van der Waals surface area contributed by atoms with Crippen molar-refractivity contribution in [1.29, 1.82) is 0 Å². The highest BCUT2D eigenvalue weighted by Crippen LogP contribution is 2.08. The van der Waals surface area contributed by atoms with E-state index in [1.165, 1.54) is 10.7 Å². The van der Waals surface area contributed by atoms with Gasteiger partial charge in [0, 0.05) is 30.5 Å². The van der Waals surface area contributed by atoms with Crippen LogP contribution in [0.1, 0.15) is 29.8 Å². The fourth-order valence-electron chi connectivity index (χ4n) is 1.48. The Hall–Kier alpha value is -1.95. The molecule has 6 nitrogen and oxygen atoms in total. The minimum atomic E-state index is -1.01. The SMILES string of the molecule is CC(C)NCc1cnc2c(C(=O)O)cnn2c1. The summed E-state index contributed by atoms with van der Waals surface area (Å²) in [5.74, 6) is -1.01. The van der Waals surface area contributed by atoms with Gasteiger partial charge in [0.2, 0.25) is 0 Å². The molecule has 2 rings (SSSR count). The average Bonchev–Trinajstić information content (AvgIpc) is 2.69. The Balaban J connectivity index is 2.29. The van der Waals surface area contributed by atoms with Gasteiger partial charge in [-0.15, -0.1) is 0 Å². The topological polar surface area (TPSA) is 79.5 Å². The van der Waals surface area contributed by atoms with E-state index in [0.717, 1.165) is 5.56 Å². The Labute approximate surface area is 98.3 Å². The molecular weight excluding hydrogens is 220 g/mol. The predicted octanol–water partition coefficient (Wildman–Crippen LogP) is 0.925. The number of aromatic nitrogens is 3. The fraction of sp³-hybridized carbons (Fsp3) is 0.364. The number of carboxylic acid groups (broad SMARTS) is 1. The monoisotopic (exact) mass is 234 g/mol. The first kappa shape index (κ1) is 11.5. The second-order valence-electron chi connectivity index (χ2n) is 4.13. The number of carboxylic acids is 1. The lowest BCUT2D eigenvalue weighted by Crippen LogP contribution is -2.22. The molecular formula is C11H14N4O2. The van der Waals surface area contributed by atoms with Gasteiger partial charge in [0.25, 0.3) is 0 Å². The van der Waals surface area contributed by atoms with Crippen molar-refractivity contribution < 1.29 is 9.90 Å². The summed E-state index contributed by atoms with van der Waals surface area (Å²) < 4.78 is 1.49. The molecule has 0 aromatic carbocycles.